The fraction of sp³-hybridized carbons (Fsp3) is 0.467. The van der Waals surface area contributed by atoms with E-state index in [1.165, 1.54) is 11.8 Å². The molecule has 3 heteroatoms. The molecular weight excluding hydrogens is 226 g/mol. The zero-order valence-corrected chi connectivity index (χ0v) is 10.7. The third kappa shape index (κ3) is 2.28. The van der Waals surface area contributed by atoms with Crippen molar-refractivity contribution < 1.29 is 9.15 Å². The first-order valence-corrected chi connectivity index (χ1v) is 6.60. The third-order valence-electron chi connectivity index (χ3n) is 3.73. The van der Waals surface area contributed by atoms with Crippen LogP contribution in [0.15, 0.2) is 34.7 Å². The monoisotopic (exact) mass is 245 g/mol. The second-order valence-corrected chi connectivity index (χ2v) is 4.99. The van der Waals surface area contributed by atoms with Gasteiger partial charge in [-0.25, -0.2) is 0 Å². The summed E-state index contributed by atoms with van der Waals surface area (Å²) < 4.78 is 11.4. The van der Waals surface area contributed by atoms with Crippen LogP contribution in [-0.4, -0.2) is 20.3 Å². The highest BCUT2D eigenvalue weighted by atomic mass is 16.5. The average molecular weight is 245 g/mol. The number of para-hydroxylation sites is 1. The minimum absolute atomic E-state index is 0.282. The smallest absolute Gasteiger partial charge is 0.134 e. The van der Waals surface area contributed by atoms with E-state index < -0.39 is 0 Å². The van der Waals surface area contributed by atoms with E-state index in [9.17, 15) is 0 Å². The summed E-state index contributed by atoms with van der Waals surface area (Å²) in [4.78, 5) is 0. The Morgan fingerprint density at radius 3 is 3.00 bits per heavy atom. The molecule has 0 bridgehead atoms. The highest BCUT2D eigenvalue weighted by molar-refractivity contribution is 5.77. The van der Waals surface area contributed by atoms with Crippen LogP contribution in [-0.2, 0) is 4.74 Å². The molecule has 2 heterocycles. The molecule has 1 N–H and O–H groups in total. The Morgan fingerprint density at radius 1 is 1.39 bits per heavy atom. The lowest BCUT2D eigenvalue weighted by molar-refractivity contribution is 0.181. The molecule has 0 saturated carbocycles. The topological polar surface area (TPSA) is 34.4 Å². The standard InChI is InChI=1S/C15H19NO2/c1-16-13(8-11-6-7-17-10-11)15-9-12-4-2-3-5-14(12)18-15/h2-5,9,11,13,16H,6-8,10H2,1H3. The molecule has 1 saturated heterocycles. The van der Waals surface area contributed by atoms with Crippen LogP contribution in [0.5, 0.6) is 0 Å². The number of nitrogens with one attached hydrogen (secondary N) is 1. The molecular formula is C15H19NO2. The first-order valence-electron chi connectivity index (χ1n) is 6.60. The number of ether oxygens (including phenoxy) is 1. The number of benzene rings is 1. The molecule has 1 aromatic carbocycles. The third-order valence-corrected chi connectivity index (χ3v) is 3.73. The first-order chi connectivity index (χ1) is 8.86. The maximum atomic E-state index is 5.93. The fourth-order valence-corrected chi connectivity index (χ4v) is 2.65. The lowest BCUT2D eigenvalue weighted by atomic mass is 9.98. The maximum Gasteiger partial charge on any atom is 0.134 e. The summed E-state index contributed by atoms with van der Waals surface area (Å²) in [7, 11) is 1.99. The van der Waals surface area contributed by atoms with Gasteiger partial charge in [0.25, 0.3) is 0 Å². The normalized spacial score (nSPS) is 21.5. The van der Waals surface area contributed by atoms with Crippen molar-refractivity contribution in [3.8, 4) is 0 Å². The second-order valence-electron chi connectivity index (χ2n) is 4.99. The van der Waals surface area contributed by atoms with Gasteiger partial charge in [0, 0.05) is 18.6 Å². The van der Waals surface area contributed by atoms with Crippen LogP contribution < -0.4 is 5.32 Å². The van der Waals surface area contributed by atoms with Crippen molar-refractivity contribution in [1.82, 2.24) is 5.32 Å². The number of fused-ring (bicyclic) bond motifs is 1. The summed E-state index contributed by atoms with van der Waals surface area (Å²) in [6.07, 6.45) is 2.24. The van der Waals surface area contributed by atoms with E-state index in [4.69, 9.17) is 9.15 Å². The van der Waals surface area contributed by atoms with Gasteiger partial charge in [-0.1, -0.05) is 18.2 Å². The molecule has 3 rings (SSSR count). The van der Waals surface area contributed by atoms with Gasteiger partial charge in [0.2, 0.25) is 0 Å². The molecule has 1 aliphatic heterocycles. The van der Waals surface area contributed by atoms with Crippen LogP contribution in [0.2, 0.25) is 0 Å². The van der Waals surface area contributed by atoms with E-state index in [1.54, 1.807) is 0 Å². The summed E-state index contributed by atoms with van der Waals surface area (Å²) in [6, 6.07) is 10.6. The Balaban J connectivity index is 1.81. The van der Waals surface area contributed by atoms with Crippen molar-refractivity contribution in [3.05, 3.63) is 36.1 Å². The Labute approximate surface area is 107 Å². The van der Waals surface area contributed by atoms with Crippen LogP contribution in [0.25, 0.3) is 11.0 Å². The van der Waals surface area contributed by atoms with E-state index in [1.807, 2.05) is 25.2 Å². The molecule has 2 aromatic rings. The minimum atomic E-state index is 0.282. The predicted octanol–water partition coefficient (Wildman–Crippen LogP) is 3.12. The molecule has 3 nitrogen and oxygen atoms in total. The van der Waals surface area contributed by atoms with E-state index >= 15 is 0 Å². The number of hydrogen-bond donors (Lipinski definition) is 1. The maximum absolute atomic E-state index is 5.93. The molecule has 0 spiro atoms. The molecule has 0 radical (unpaired) electrons. The van der Waals surface area contributed by atoms with Gasteiger partial charge in [0.05, 0.1) is 6.04 Å². The summed E-state index contributed by atoms with van der Waals surface area (Å²) in [6.45, 7) is 1.79. The van der Waals surface area contributed by atoms with Crippen LogP contribution >= 0.6 is 0 Å². The van der Waals surface area contributed by atoms with E-state index in [0.717, 1.165) is 31.0 Å². The molecule has 1 aromatic heterocycles. The van der Waals surface area contributed by atoms with Gasteiger partial charge in [-0.3, -0.25) is 0 Å². The summed E-state index contributed by atoms with van der Waals surface area (Å²) in [5, 5.41) is 4.53. The van der Waals surface area contributed by atoms with Crippen molar-refractivity contribution in [2.75, 3.05) is 20.3 Å². The van der Waals surface area contributed by atoms with Gasteiger partial charge in [-0.15, -0.1) is 0 Å². The zero-order chi connectivity index (χ0) is 12.4. The largest absolute Gasteiger partial charge is 0.459 e. The Kier molecular flexibility index (Phi) is 3.35. The van der Waals surface area contributed by atoms with Crippen molar-refractivity contribution in [3.63, 3.8) is 0 Å². The first kappa shape index (κ1) is 11.8. The van der Waals surface area contributed by atoms with Crippen molar-refractivity contribution in [2.45, 2.75) is 18.9 Å². The predicted molar refractivity (Wildman–Crippen MR) is 71.6 cm³/mol. The highest BCUT2D eigenvalue weighted by Gasteiger charge is 2.23. The van der Waals surface area contributed by atoms with Gasteiger partial charge in [0.1, 0.15) is 11.3 Å². The molecule has 2 atom stereocenters. The zero-order valence-electron chi connectivity index (χ0n) is 10.7. The molecule has 1 aliphatic rings. The van der Waals surface area contributed by atoms with Gasteiger partial charge < -0.3 is 14.5 Å². The molecule has 1 fully saturated rings. The van der Waals surface area contributed by atoms with E-state index in [0.29, 0.717) is 5.92 Å². The van der Waals surface area contributed by atoms with Crippen LogP contribution in [0.1, 0.15) is 24.6 Å². The van der Waals surface area contributed by atoms with Gasteiger partial charge >= 0.3 is 0 Å². The lowest BCUT2D eigenvalue weighted by Gasteiger charge is -2.16. The fourth-order valence-electron chi connectivity index (χ4n) is 2.65. The van der Waals surface area contributed by atoms with Crippen molar-refractivity contribution in [1.29, 1.82) is 0 Å². The number of furan rings is 1. The molecule has 18 heavy (non-hydrogen) atoms. The quantitative estimate of drug-likeness (QED) is 0.898. The van der Waals surface area contributed by atoms with Crippen LogP contribution in [0, 0.1) is 5.92 Å². The average Bonchev–Trinajstić information content (AvgIpc) is 3.04. The molecule has 96 valence electrons. The van der Waals surface area contributed by atoms with E-state index in [-0.39, 0.29) is 6.04 Å². The Morgan fingerprint density at radius 2 is 2.28 bits per heavy atom. The SMILES string of the molecule is CNC(CC1CCOC1)c1cc2ccccc2o1. The molecule has 0 aliphatic carbocycles. The summed E-state index contributed by atoms with van der Waals surface area (Å²) >= 11 is 0. The summed E-state index contributed by atoms with van der Waals surface area (Å²) in [5.41, 5.74) is 0.968. The molecule has 0 amide bonds. The number of rotatable bonds is 4. The van der Waals surface area contributed by atoms with Gasteiger partial charge in [0.15, 0.2) is 0 Å². The molecule has 2 unspecified atom stereocenters. The Hall–Kier alpha value is -1.32. The van der Waals surface area contributed by atoms with Crippen LogP contribution in [0.4, 0.5) is 0 Å². The highest BCUT2D eigenvalue weighted by Crippen LogP contribution is 2.30. The lowest BCUT2D eigenvalue weighted by Crippen LogP contribution is -2.19. The van der Waals surface area contributed by atoms with Crippen LogP contribution in [0.3, 0.4) is 0 Å². The van der Waals surface area contributed by atoms with Crippen molar-refractivity contribution in [2.24, 2.45) is 5.92 Å². The van der Waals surface area contributed by atoms with Crippen molar-refractivity contribution >= 4 is 11.0 Å². The number of hydrogen-bond acceptors (Lipinski definition) is 3. The van der Waals surface area contributed by atoms with Gasteiger partial charge in [-0.05, 0) is 37.9 Å². The minimum Gasteiger partial charge on any atom is -0.459 e. The summed E-state index contributed by atoms with van der Waals surface area (Å²) in [5.74, 6) is 1.68. The van der Waals surface area contributed by atoms with Gasteiger partial charge in [-0.2, -0.15) is 0 Å². The second kappa shape index (κ2) is 5.12. The van der Waals surface area contributed by atoms with E-state index in [2.05, 4.69) is 17.4 Å². The Bertz CT molecular complexity index is 481.